The van der Waals surface area contributed by atoms with Crippen LogP contribution in [0.15, 0.2) is 42.6 Å². The number of aromatic nitrogens is 1. The Morgan fingerprint density at radius 3 is 2.49 bits per heavy atom. The number of carbonyl (C=O) groups excluding carboxylic acids is 3. The van der Waals surface area contributed by atoms with Crippen LogP contribution in [-0.2, 0) is 4.79 Å². The number of nitrogens with zero attached hydrogens (tertiary/aromatic N) is 2. The molecule has 0 bridgehead atoms. The molecule has 7 heteroatoms. The fourth-order valence-corrected chi connectivity index (χ4v) is 3.04. The van der Waals surface area contributed by atoms with Gasteiger partial charge >= 0.3 is 5.97 Å². The van der Waals surface area contributed by atoms with Crippen molar-refractivity contribution in [3.63, 3.8) is 0 Å². The third-order valence-corrected chi connectivity index (χ3v) is 4.68. The smallest absolute Gasteiger partial charge is 0.310 e. The maximum absolute atomic E-state index is 12.5. The summed E-state index contributed by atoms with van der Waals surface area (Å²) in [7, 11) is 2.98. The summed E-state index contributed by atoms with van der Waals surface area (Å²) in [5, 5.41) is 10.8. The molecule has 0 saturated heterocycles. The first kappa shape index (κ1) is 29.1. The van der Waals surface area contributed by atoms with Crippen molar-refractivity contribution in [2.24, 2.45) is 5.92 Å². The number of hydrogen-bond acceptors (Lipinski definition) is 6. The van der Waals surface area contributed by atoms with Crippen molar-refractivity contribution < 1.29 is 24.2 Å². The van der Waals surface area contributed by atoms with Gasteiger partial charge in [0.1, 0.15) is 5.52 Å². The molecule has 35 heavy (non-hydrogen) atoms. The molecule has 1 atom stereocenters. The second kappa shape index (κ2) is 14.4. The lowest BCUT2D eigenvalue weighted by atomic mass is 9.97. The van der Waals surface area contributed by atoms with E-state index in [-0.39, 0.29) is 34.2 Å². The maximum Gasteiger partial charge on any atom is 0.310 e. The predicted octanol–water partition coefficient (Wildman–Crippen LogP) is 5.33. The van der Waals surface area contributed by atoms with Crippen molar-refractivity contribution in [1.29, 1.82) is 0 Å². The first-order valence-corrected chi connectivity index (χ1v) is 11.6. The van der Waals surface area contributed by atoms with E-state index < -0.39 is 23.4 Å². The van der Waals surface area contributed by atoms with Crippen LogP contribution < -0.4 is 4.74 Å². The first-order valence-electron chi connectivity index (χ1n) is 11.6. The molecule has 3 rings (SSSR count). The number of allylic oxidation sites excluding steroid dienone is 4. The lowest BCUT2D eigenvalue weighted by Gasteiger charge is -2.19. The fraction of sp³-hybridized carbons (Fsp3) is 0.357. The number of benzene rings is 1. The second-order valence-electron chi connectivity index (χ2n) is 7.55. The Hall–Kier alpha value is -3.92. The number of ether oxygens (including phenoxy) is 1. The number of carbonyl (C=O) groups is 3. The van der Waals surface area contributed by atoms with E-state index in [1.54, 1.807) is 19.1 Å². The minimum absolute atomic E-state index is 0.0551. The van der Waals surface area contributed by atoms with Gasteiger partial charge in [0.15, 0.2) is 17.3 Å². The Bertz CT molecular complexity index is 1180. The van der Waals surface area contributed by atoms with Crippen molar-refractivity contribution in [3.8, 4) is 23.3 Å². The second-order valence-corrected chi connectivity index (χ2v) is 7.55. The quantitative estimate of drug-likeness (QED) is 0.210. The molecule has 1 aromatic heterocycles. The molecule has 7 nitrogen and oxygen atoms in total. The number of ketones is 1. The fourth-order valence-electron chi connectivity index (χ4n) is 3.04. The zero-order valence-electron chi connectivity index (χ0n) is 21.5. The van der Waals surface area contributed by atoms with E-state index in [0.717, 1.165) is 6.42 Å². The minimum atomic E-state index is -0.584. The highest BCUT2D eigenvalue weighted by Gasteiger charge is 2.29. The van der Waals surface area contributed by atoms with Crippen LogP contribution in [0.3, 0.4) is 0 Å². The van der Waals surface area contributed by atoms with Crippen LogP contribution in [-0.4, -0.2) is 46.7 Å². The number of Topliss-reactive ketones (excluding diaryl/α,β-unsaturated/α-hetero) is 1. The van der Waals surface area contributed by atoms with Gasteiger partial charge < -0.3 is 14.7 Å². The molecule has 1 aromatic carbocycles. The summed E-state index contributed by atoms with van der Waals surface area (Å²) in [6, 6.07) is 3.15. The number of rotatable bonds is 4. The third-order valence-electron chi connectivity index (χ3n) is 4.68. The number of esters is 1. The van der Waals surface area contributed by atoms with Crippen LogP contribution in [0, 0.1) is 17.8 Å². The molecular weight excluding hydrogens is 444 g/mol. The summed E-state index contributed by atoms with van der Waals surface area (Å²) in [5.74, 6) is 4.33. The van der Waals surface area contributed by atoms with Crippen LogP contribution in [0.5, 0.6) is 11.5 Å². The SMILES string of the molecule is CC.CC1C#C/C=C\C/C=C\1.CCC(=O)Oc1c(C(C)=O)c(C(=O)N(C)C)c(O)c2ncccc12. The molecule has 1 amide bonds. The molecule has 1 aliphatic carbocycles. The topological polar surface area (TPSA) is 96.8 Å². The number of hydrogen-bond donors (Lipinski definition) is 1. The lowest BCUT2D eigenvalue weighted by Crippen LogP contribution is -2.25. The molecule has 1 heterocycles. The van der Waals surface area contributed by atoms with Gasteiger partial charge in [0, 0.05) is 38.0 Å². The molecule has 186 valence electrons. The van der Waals surface area contributed by atoms with E-state index in [2.05, 4.69) is 42.0 Å². The molecule has 0 radical (unpaired) electrons. The highest BCUT2D eigenvalue weighted by Crippen LogP contribution is 2.40. The summed E-state index contributed by atoms with van der Waals surface area (Å²) in [6.45, 7) is 8.96. The number of phenolic OH excluding ortho intramolecular Hbond substituents is 1. The van der Waals surface area contributed by atoms with Gasteiger partial charge in [-0.25, -0.2) is 0 Å². The van der Waals surface area contributed by atoms with Crippen LogP contribution in [0.1, 0.15) is 68.2 Å². The highest BCUT2D eigenvalue weighted by atomic mass is 16.5. The molecule has 0 aliphatic heterocycles. The van der Waals surface area contributed by atoms with E-state index in [4.69, 9.17) is 4.74 Å². The van der Waals surface area contributed by atoms with Crippen molar-refractivity contribution in [2.45, 2.75) is 47.5 Å². The molecule has 1 N–H and O–H groups in total. The van der Waals surface area contributed by atoms with E-state index in [0.29, 0.717) is 5.92 Å². The van der Waals surface area contributed by atoms with Crippen molar-refractivity contribution in [3.05, 3.63) is 53.8 Å². The first-order chi connectivity index (χ1) is 16.7. The van der Waals surface area contributed by atoms with Gasteiger partial charge in [-0.3, -0.25) is 19.4 Å². The van der Waals surface area contributed by atoms with E-state index in [1.807, 2.05) is 19.9 Å². The van der Waals surface area contributed by atoms with Gasteiger partial charge in [0.05, 0.1) is 11.1 Å². The Balaban J connectivity index is 0.000000464. The predicted molar refractivity (Wildman–Crippen MR) is 139 cm³/mol. The molecule has 0 fully saturated rings. The number of phenols is 1. The number of aromatic hydroxyl groups is 1. The van der Waals surface area contributed by atoms with Gasteiger partial charge in [0.2, 0.25) is 0 Å². The lowest BCUT2D eigenvalue weighted by molar-refractivity contribution is -0.133. The molecule has 2 aromatic rings. The standard InChI is InChI=1S/C17H18N2O5.C9H10.C2H6/c1-5-11(21)24-16-10-7-6-8-18-14(10)15(22)13(12(16)9(2)20)17(23)19(3)4;1-9-7-5-3-2-4-6-8-9;1-2/h6-8,22H,5H2,1-4H3;2-3,6,8-9H,4H2,1H3;1-2H3/b;3-2-,8-6-;. The van der Waals surface area contributed by atoms with Crippen molar-refractivity contribution in [2.75, 3.05) is 14.1 Å². The molecule has 0 spiro atoms. The average Bonchev–Trinajstić information content (AvgIpc) is 2.83. The molecule has 1 aliphatic rings. The summed E-state index contributed by atoms with van der Waals surface area (Å²) in [6.07, 6.45) is 10.8. The minimum Gasteiger partial charge on any atom is -0.505 e. The molecular formula is C28H34N2O5. The van der Waals surface area contributed by atoms with Crippen molar-refractivity contribution >= 4 is 28.6 Å². The Morgan fingerprint density at radius 2 is 1.89 bits per heavy atom. The van der Waals surface area contributed by atoms with Gasteiger partial charge in [-0.2, -0.15) is 0 Å². The average molecular weight is 479 g/mol. The third kappa shape index (κ3) is 7.82. The summed E-state index contributed by atoms with van der Waals surface area (Å²) < 4.78 is 5.31. The van der Waals surface area contributed by atoms with Crippen LogP contribution in [0.25, 0.3) is 10.9 Å². The number of amides is 1. The zero-order chi connectivity index (χ0) is 26.5. The molecule has 0 saturated carbocycles. The van der Waals surface area contributed by atoms with Crippen LogP contribution >= 0.6 is 0 Å². The van der Waals surface area contributed by atoms with E-state index >= 15 is 0 Å². The largest absolute Gasteiger partial charge is 0.505 e. The normalized spacial score (nSPS) is 15.3. The summed E-state index contributed by atoms with van der Waals surface area (Å²) >= 11 is 0. The number of fused-ring (bicyclic) bond motifs is 1. The van der Waals surface area contributed by atoms with Crippen molar-refractivity contribution in [1.82, 2.24) is 9.88 Å². The monoisotopic (exact) mass is 478 g/mol. The maximum atomic E-state index is 12.5. The van der Waals surface area contributed by atoms with Gasteiger partial charge in [-0.1, -0.05) is 50.8 Å². The van der Waals surface area contributed by atoms with Gasteiger partial charge in [-0.05, 0) is 38.5 Å². The zero-order valence-corrected chi connectivity index (χ0v) is 21.5. The van der Waals surface area contributed by atoms with Crippen LogP contribution in [0.2, 0.25) is 0 Å². The van der Waals surface area contributed by atoms with E-state index in [1.165, 1.54) is 32.1 Å². The van der Waals surface area contributed by atoms with E-state index in [9.17, 15) is 19.5 Å². The summed E-state index contributed by atoms with van der Waals surface area (Å²) in [4.78, 5) is 41.7. The van der Waals surface area contributed by atoms with Gasteiger partial charge in [-0.15, -0.1) is 0 Å². The summed E-state index contributed by atoms with van der Waals surface area (Å²) in [5.41, 5.74) is -0.266. The van der Waals surface area contributed by atoms with Gasteiger partial charge in [0.25, 0.3) is 5.91 Å². The Labute approximate surface area is 207 Å². The Morgan fingerprint density at radius 1 is 1.20 bits per heavy atom. The molecule has 1 unspecified atom stereocenters. The Kier molecular flexibility index (Phi) is 11.9. The van der Waals surface area contributed by atoms with Crippen LogP contribution in [0.4, 0.5) is 0 Å². The highest BCUT2D eigenvalue weighted by molar-refractivity contribution is 6.16. The number of pyridine rings is 1.